The Kier molecular flexibility index (Phi) is 152. The number of rotatable bonds is 0. The molecule has 15 nitrogen and oxygen atoms in total. The third-order valence-corrected chi connectivity index (χ3v) is 0.566. The molecule has 0 aliphatic heterocycles. The van der Waals surface area contributed by atoms with E-state index in [-0.39, 0.29) is 55.9 Å². The summed E-state index contributed by atoms with van der Waals surface area (Å²) in [6, 6.07) is 5.72. The van der Waals surface area contributed by atoms with Gasteiger partial charge in [0, 0.05) is 12.4 Å². The van der Waals surface area contributed by atoms with Gasteiger partial charge in [0.15, 0.2) is 0 Å². The molecule has 1 rings (SSSR count). The minimum absolute atomic E-state index is 0. The molecule has 0 fully saturated rings. The molecule has 0 aliphatic carbocycles. The molecular formula is C5H17MgN3O12. The average molecular weight is 336 g/mol. The Labute approximate surface area is 133 Å². The summed E-state index contributed by atoms with van der Waals surface area (Å²) in [5, 5.41) is 29.5. The van der Waals surface area contributed by atoms with Crippen molar-refractivity contribution in [2.75, 3.05) is 0 Å². The van der Waals surface area contributed by atoms with E-state index in [1.807, 2.05) is 18.2 Å². The third-order valence-electron chi connectivity index (χ3n) is 0.566. The Bertz CT molecular complexity index is 218. The van der Waals surface area contributed by atoms with Crippen molar-refractivity contribution < 1.29 is 43.0 Å². The van der Waals surface area contributed by atoms with Crippen molar-refractivity contribution in [3.8, 4) is 0 Å². The molecule has 0 aromatic carbocycles. The Morgan fingerprint density at radius 2 is 0.810 bits per heavy atom. The third kappa shape index (κ3) is 281. The van der Waals surface area contributed by atoms with E-state index in [4.69, 9.17) is 30.6 Å². The van der Waals surface area contributed by atoms with E-state index in [9.17, 15) is 0 Å². The first-order valence-electron chi connectivity index (χ1n) is 2.95. The number of nitrogens with zero attached hydrogens (tertiary/aromatic N) is 3. The fraction of sp³-hybridized carbons (Fsp3) is 0. The van der Waals surface area contributed by atoms with Crippen molar-refractivity contribution >= 4 is 23.1 Å². The Morgan fingerprint density at radius 1 is 0.619 bits per heavy atom. The summed E-state index contributed by atoms with van der Waals surface area (Å²) in [7, 11) is 0. The zero-order chi connectivity index (χ0) is 11.4. The minimum Gasteiger partial charge on any atom is -0.412 e. The molecule has 0 saturated heterocycles. The topological polar surface area (TPSA) is 334 Å². The van der Waals surface area contributed by atoms with Crippen molar-refractivity contribution in [2.24, 2.45) is 0 Å². The van der Waals surface area contributed by atoms with Gasteiger partial charge in [0.25, 0.3) is 0 Å². The van der Waals surface area contributed by atoms with Gasteiger partial charge in [0.2, 0.25) is 0 Å². The number of hydrogen-bond acceptors (Lipinski definition) is 7. The van der Waals surface area contributed by atoms with Crippen LogP contribution in [0, 0.1) is 30.6 Å². The van der Waals surface area contributed by atoms with Gasteiger partial charge in [0.05, 0.1) is 10.2 Å². The Morgan fingerprint density at radius 3 is 0.857 bits per heavy atom. The average Bonchev–Trinajstić information content (AvgIpc) is 2.05. The molecule has 0 radical (unpaired) electrons. The molecular weight excluding hydrogens is 318 g/mol. The van der Waals surface area contributed by atoms with Crippen molar-refractivity contribution in [1.29, 1.82) is 0 Å². The first kappa shape index (κ1) is 61.4. The first-order valence-corrected chi connectivity index (χ1v) is 2.95. The fourth-order valence-corrected chi connectivity index (χ4v) is 0.313. The van der Waals surface area contributed by atoms with Crippen LogP contribution in [0.3, 0.4) is 0 Å². The minimum atomic E-state index is -1.75. The van der Waals surface area contributed by atoms with Gasteiger partial charge < -0.3 is 63.5 Å². The normalized spacial score (nSPS) is 4.57. The molecule has 0 unspecified atom stereocenters. The van der Waals surface area contributed by atoms with Crippen LogP contribution in [0.1, 0.15) is 0 Å². The smallest absolute Gasteiger partial charge is 0.412 e. The van der Waals surface area contributed by atoms with Crippen LogP contribution in [0.5, 0.6) is 0 Å². The molecule has 12 N–H and O–H groups in total. The van der Waals surface area contributed by atoms with E-state index in [1.54, 1.807) is 12.4 Å². The first-order chi connectivity index (χ1) is 6.46. The van der Waals surface area contributed by atoms with Crippen molar-refractivity contribution in [3.63, 3.8) is 0 Å². The molecule has 0 amide bonds. The molecule has 1 aromatic rings. The summed E-state index contributed by atoms with van der Waals surface area (Å²) in [6.07, 6.45) is 3.50. The van der Waals surface area contributed by atoms with E-state index in [0.717, 1.165) is 0 Å². The zero-order valence-electron chi connectivity index (χ0n) is 10.4. The molecule has 0 aliphatic rings. The van der Waals surface area contributed by atoms with Crippen LogP contribution in [0.15, 0.2) is 30.6 Å². The largest absolute Gasteiger partial charge is 2.00 e. The fourth-order valence-electron chi connectivity index (χ4n) is 0.313. The van der Waals surface area contributed by atoms with Crippen molar-refractivity contribution in [3.05, 3.63) is 61.2 Å². The molecule has 0 bridgehead atoms. The zero-order valence-corrected chi connectivity index (χ0v) is 11.8. The summed E-state index contributed by atoms with van der Waals surface area (Å²) >= 11 is 0. The quantitative estimate of drug-likeness (QED) is 0.252. The van der Waals surface area contributed by atoms with Gasteiger partial charge in [0.1, 0.15) is 0 Å². The number of hydrogen-bond donors (Lipinski definition) is 0. The van der Waals surface area contributed by atoms with Crippen LogP contribution >= 0.6 is 0 Å². The SMILES string of the molecule is O.O.O.O.O.O.O=[N+]([O-])[O-].O=[N+]([O-])[O-].[Mg+2].c1ccncc1. The number of aromatic nitrogens is 1. The predicted molar refractivity (Wildman–Crippen MR) is 72.4 cm³/mol. The van der Waals surface area contributed by atoms with Crippen LogP contribution in [0.2, 0.25) is 0 Å². The van der Waals surface area contributed by atoms with Crippen molar-refractivity contribution in [1.82, 2.24) is 4.98 Å². The maximum Gasteiger partial charge on any atom is 2.00 e. The summed E-state index contributed by atoms with van der Waals surface area (Å²) in [6.45, 7) is 0. The van der Waals surface area contributed by atoms with Gasteiger partial charge in [-0.3, -0.25) is 4.98 Å². The van der Waals surface area contributed by atoms with Crippen molar-refractivity contribution in [2.45, 2.75) is 0 Å². The van der Waals surface area contributed by atoms with E-state index in [2.05, 4.69) is 4.98 Å². The van der Waals surface area contributed by atoms with Crippen LogP contribution in [-0.2, 0) is 0 Å². The molecule has 0 saturated carbocycles. The molecule has 0 spiro atoms. The van der Waals surface area contributed by atoms with E-state index >= 15 is 0 Å². The molecule has 1 aromatic heterocycles. The van der Waals surface area contributed by atoms with Crippen LogP contribution in [-0.4, -0.2) is 71.1 Å². The van der Waals surface area contributed by atoms with Gasteiger partial charge in [-0.15, -0.1) is 0 Å². The monoisotopic (exact) mass is 335 g/mol. The van der Waals surface area contributed by atoms with Gasteiger partial charge in [-0.25, -0.2) is 0 Å². The summed E-state index contributed by atoms with van der Waals surface area (Å²) in [4.78, 5) is 20.3. The summed E-state index contributed by atoms with van der Waals surface area (Å²) in [5.74, 6) is 0. The maximum absolute atomic E-state index is 8.25. The molecule has 0 atom stereocenters. The number of pyridine rings is 1. The standard InChI is InChI=1S/C5H5N.Mg.2NO3.6H2O/c1-2-4-6-5-3-1;;2*2-1(3)4;;;;;;/h1-5H;;;;6*1H2/q;+2;2*-1;;;;;;. The molecule has 1 heterocycles. The second-order valence-corrected chi connectivity index (χ2v) is 1.47. The van der Waals surface area contributed by atoms with Crippen LogP contribution in [0.25, 0.3) is 0 Å². The Hall–Kier alpha value is -1.92. The van der Waals surface area contributed by atoms with Gasteiger partial charge in [-0.1, -0.05) is 6.07 Å². The van der Waals surface area contributed by atoms with Gasteiger partial charge in [-0.2, -0.15) is 0 Å². The Balaban J connectivity index is -0.0000000129. The van der Waals surface area contributed by atoms with E-state index in [1.165, 1.54) is 0 Å². The summed E-state index contributed by atoms with van der Waals surface area (Å²) < 4.78 is 0. The molecule has 16 heteroatoms. The van der Waals surface area contributed by atoms with Crippen LogP contribution in [0.4, 0.5) is 0 Å². The molecule has 126 valence electrons. The predicted octanol–water partition coefficient (Wildman–Crippen LogP) is -4.73. The second-order valence-electron chi connectivity index (χ2n) is 1.47. The van der Waals surface area contributed by atoms with Gasteiger partial charge in [-0.05, 0) is 12.1 Å². The molecule has 21 heavy (non-hydrogen) atoms. The maximum atomic E-state index is 8.25. The van der Waals surface area contributed by atoms with Crippen LogP contribution < -0.4 is 0 Å². The van der Waals surface area contributed by atoms with Gasteiger partial charge >= 0.3 is 23.1 Å². The summed E-state index contributed by atoms with van der Waals surface area (Å²) in [5.41, 5.74) is 0. The van der Waals surface area contributed by atoms with E-state index < -0.39 is 10.2 Å². The second kappa shape index (κ2) is 51.9. The van der Waals surface area contributed by atoms with E-state index in [0.29, 0.717) is 0 Å².